The number of hydrogen-bond donors (Lipinski definition) is 1. The van der Waals surface area contributed by atoms with Crippen LogP contribution >= 0.6 is 0 Å². The van der Waals surface area contributed by atoms with Gasteiger partial charge in [0.15, 0.2) is 6.04 Å². The van der Waals surface area contributed by atoms with Crippen molar-refractivity contribution in [3.63, 3.8) is 0 Å². The molecule has 0 aliphatic carbocycles. The van der Waals surface area contributed by atoms with Gasteiger partial charge in [-0.1, -0.05) is 0 Å². The second-order valence-electron chi connectivity index (χ2n) is 3.38. The monoisotopic (exact) mass is 233 g/mol. The Morgan fingerprint density at radius 3 is 2.31 bits per heavy atom. The molecule has 0 spiro atoms. The van der Waals surface area contributed by atoms with Crippen LogP contribution < -0.4 is 5.32 Å². The molecule has 0 rings (SSSR count). The van der Waals surface area contributed by atoms with Gasteiger partial charge in [0, 0.05) is 14.0 Å². The number of ether oxygens (including phenoxy) is 3. The summed E-state index contributed by atoms with van der Waals surface area (Å²) in [4.78, 5) is 22.1. The van der Waals surface area contributed by atoms with Crippen molar-refractivity contribution in [3.8, 4) is 0 Å². The average molecular weight is 233 g/mol. The molecule has 0 aromatic rings. The SMILES string of the molecule is COCC(C)OCC(NC(C)=O)C(=O)OC. The van der Waals surface area contributed by atoms with E-state index in [4.69, 9.17) is 9.47 Å². The lowest BCUT2D eigenvalue weighted by Crippen LogP contribution is -2.44. The first-order valence-corrected chi connectivity index (χ1v) is 4.96. The zero-order valence-electron chi connectivity index (χ0n) is 10.1. The lowest BCUT2D eigenvalue weighted by atomic mass is 10.3. The summed E-state index contributed by atoms with van der Waals surface area (Å²) in [6.45, 7) is 3.63. The van der Waals surface area contributed by atoms with Crippen LogP contribution in [0, 0.1) is 0 Å². The van der Waals surface area contributed by atoms with Crippen molar-refractivity contribution in [1.29, 1.82) is 0 Å². The zero-order chi connectivity index (χ0) is 12.6. The number of carbonyl (C=O) groups is 2. The Morgan fingerprint density at radius 1 is 1.25 bits per heavy atom. The third-order valence-corrected chi connectivity index (χ3v) is 1.81. The summed E-state index contributed by atoms with van der Waals surface area (Å²) in [5.41, 5.74) is 0. The first kappa shape index (κ1) is 14.9. The van der Waals surface area contributed by atoms with Crippen LogP contribution in [0.1, 0.15) is 13.8 Å². The Balaban J connectivity index is 4.10. The molecular formula is C10H19NO5. The fraction of sp³-hybridized carbons (Fsp3) is 0.800. The molecule has 16 heavy (non-hydrogen) atoms. The van der Waals surface area contributed by atoms with Crippen LogP contribution in [0.4, 0.5) is 0 Å². The molecular weight excluding hydrogens is 214 g/mol. The molecule has 0 heterocycles. The number of amides is 1. The zero-order valence-corrected chi connectivity index (χ0v) is 10.1. The van der Waals surface area contributed by atoms with Gasteiger partial charge in [-0.15, -0.1) is 0 Å². The molecule has 0 aromatic heterocycles. The van der Waals surface area contributed by atoms with Crippen LogP contribution in [0.3, 0.4) is 0 Å². The van der Waals surface area contributed by atoms with Gasteiger partial charge in [0.25, 0.3) is 0 Å². The second-order valence-corrected chi connectivity index (χ2v) is 3.38. The smallest absolute Gasteiger partial charge is 0.330 e. The predicted molar refractivity (Wildman–Crippen MR) is 56.9 cm³/mol. The fourth-order valence-electron chi connectivity index (χ4n) is 1.10. The topological polar surface area (TPSA) is 73.9 Å². The minimum absolute atomic E-state index is 0.0663. The molecule has 0 aliphatic rings. The highest BCUT2D eigenvalue weighted by Crippen LogP contribution is 1.96. The van der Waals surface area contributed by atoms with E-state index in [1.54, 1.807) is 7.11 Å². The maximum atomic E-state index is 11.3. The van der Waals surface area contributed by atoms with Crippen molar-refractivity contribution in [3.05, 3.63) is 0 Å². The van der Waals surface area contributed by atoms with Gasteiger partial charge >= 0.3 is 5.97 Å². The maximum Gasteiger partial charge on any atom is 0.330 e. The highest BCUT2D eigenvalue weighted by molar-refractivity contribution is 5.83. The molecule has 6 nitrogen and oxygen atoms in total. The number of nitrogens with one attached hydrogen (secondary N) is 1. The van der Waals surface area contributed by atoms with Gasteiger partial charge in [-0.25, -0.2) is 4.79 Å². The van der Waals surface area contributed by atoms with E-state index in [1.165, 1.54) is 14.0 Å². The lowest BCUT2D eigenvalue weighted by molar-refractivity contribution is -0.147. The van der Waals surface area contributed by atoms with Gasteiger partial charge in [-0.05, 0) is 6.92 Å². The highest BCUT2D eigenvalue weighted by Gasteiger charge is 2.21. The van der Waals surface area contributed by atoms with Crippen LogP contribution in [0.15, 0.2) is 0 Å². The Labute approximate surface area is 95.2 Å². The maximum absolute atomic E-state index is 11.3. The molecule has 1 N–H and O–H groups in total. The number of carbonyl (C=O) groups excluding carboxylic acids is 2. The average Bonchev–Trinajstić information content (AvgIpc) is 2.23. The van der Waals surface area contributed by atoms with E-state index in [0.717, 1.165) is 0 Å². The molecule has 0 aromatic carbocycles. The number of esters is 1. The van der Waals surface area contributed by atoms with Gasteiger partial charge in [0.2, 0.25) is 5.91 Å². The van der Waals surface area contributed by atoms with Crippen LogP contribution in [0.2, 0.25) is 0 Å². The Kier molecular flexibility index (Phi) is 7.49. The first-order valence-electron chi connectivity index (χ1n) is 4.96. The molecule has 0 aliphatic heterocycles. The molecule has 1 amide bonds. The second kappa shape index (κ2) is 8.06. The molecule has 0 saturated carbocycles. The van der Waals surface area contributed by atoms with Crippen molar-refractivity contribution in [2.24, 2.45) is 0 Å². The Bertz CT molecular complexity index is 231. The molecule has 94 valence electrons. The summed E-state index contributed by atoms with van der Waals surface area (Å²) in [7, 11) is 2.82. The van der Waals surface area contributed by atoms with E-state index < -0.39 is 12.0 Å². The highest BCUT2D eigenvalue weighted by atomic mass is 16.5. The standard InChI is InChI=1S/C10H19NO5/c1-7(5-14-3)16-6-9(10(13)15-4)11-8(2)12/h7,9H,5-6H2,1-4H3,(H,11,12). The lowest BCUT2D eigenvalue weighted by Gasteiger charge is -2.18. The van der Waals surface area contributed by atoms with Crippen molar-refractivity contribution < 1.29 is 23.8 Å². The fourth-order valence-corrected chi connectivity index (χ4v) is 1.10. The third kappa shape index (κ3) is 6.36. The quantitative estimate of drug-likeness (QED) is 0.612. The van der Waals surface area contributed by atoms with Crippen LogP contribution in [-0.2, 0) is 23.8 Å². The van der Waals surface area contributed by atoms with E-state index in [0.29, 0.717) is 6.61 Å². The van der Waals surface area contributed by atoms with Gasteiger partial charge in [-0.3, -0.25) is 4.79 Å². The summed E-state index contributed by atoms with van der Waals surface area (Å²) in [6, 6.07) is -0.776. The summed E-state index contributed by atoms with van der Waals surface area (Å²) < 4.78 is 14.7. The Morgan fingerprint density at radius 2 is 1.88 bits per heavy atom. The molecule has 0 saturated heterocycles. The van der Waals surface area contributed by atoms with E-state index in [9.17, 15) is 9.59 Å². The predicted octanol–water partition coefficient (Wildman–Crippen LogP) is -0.284. The molecule has 6 heteroatoms. The third-order valence-electron chi connectivity index (χ3n) is 1.81. The van der Waals surface area contributed by atoms with Gasteiger partial charge in [0.05, 0.1) is 26.4 Å². The van der Waals surface area contributed by atoms with Crippen molar-refractivity contribution in [2.45, 2.75) is 26.0 Å². The summed E-state index contributed by atoms with van der Waals surface area (Å²) in [5.74, 6) is -0.835. The van der Waals surface area contributed by atoms with Crippen molar-refractivity contribution in [1.82, 2.24) is 5.32 Å². The summed E-state index contributed by atoms with van der Waals surface area (Å²) in [6.07, 6.45) is -0.147. The molecule has 0 radical (unpaired) electrons. The minimum Gasteiger partial charge on any atom is -0.467 e. The van der Waals surface area contributed by atoms with Crippen molar-refractivity contribution in [2.75, 3.05) is 27.4 Å². The Hall–Kier alpha value is -1.14. The largest absolute Gasteiger partial charge is 0.467 e. The van der Waals surface area contributed by atoms with Crippen LogP contribution in [0.5, 0.6) is 0 Å². The van der Waals surface area contributed by atoms with E-state index in [2.05, 4.69) is 10.1 Å². The molecule has 2 unspecified atom stereocenters. The molecule has 0 bridgehead atoms. The number of methoxy groups -OCH3 is 2. The minimum atomic E-state index is -0.776. The van der Waals surface area contributed by atoms with Gasteiger partial charge in [0.1, 0.15) is 0 Å². The first-order chi connectivity index (χ1) is 7.51. The van der Waals surface area contributed by atoms with E-state index in [-0.39, 0.29) is 18.6 Å². The summed E-state index contributed by atoms with van der Waals surface area (Å²) in [5, 5.41) is 2.45. The number of rotatable bonds is 7. The summed E-state index contributed by atoms with van der Waals surface area (Å²) >= 11 is 0. The molecule has 0 fully saturated rings. The normalized spacial score (nSPS) is 14.0. The number of hydrogen-bond acceptors (Lipinski definition) is 5. The van der Waals surface area contributed by atoms with Gasteiger partial charge < -0.3 is 19.5 Å². The van der Waals surface area contributed by atoms with Crippen molar-refractivity contribution >= 4 is 11.9 Å². The van der Waals surface area contributed by atoms with Crippen LogP contribution in [-0.4, -0.2) is 51.5 Å². The van der Waals surface area contributed by atoms with E-state index >= 15 is 0 Å². The van der Waals surface area contributed by atoms with Crippen LogP contribution in [0.25, 0.3) is 0 Å². The molecule has 2 atom stereocenters. The van der Waals surface area contributed by atoms with E-state index in [1.807, 2.05) is 6.92 Å². The van der Waals surface area contributed by atoms with Gasteiger partial charge in [-0.2, -0.15) is 0 Å².